The van der Waals surface area contributed by atoms with E-state index < -0.39 is 0 Å². The minimum absolute atomic E-state index is 0.205. The average Bonchev–Trinajstić information content (AvgIpc) is 2.17. The predicted molar refractivity (Wildman–Crippen MR) is 46.7 cm³/mol. The van der Waals surface area contributed by atoms with Crippen molar-refractivity contribution < 1.29 is 14.3 Å². The van der Waals surface area contributed by atoms with Gasteiger partial charge in [-0.15, -0.1) is 0 Å². The number of benzene rings is 1. The zero-order valence-electron chi connectivity index (χ0n) is 7.19. The Kier molecular flexibility index (Phi) is 3.70. The maximum absolute atomic E-state index is 9.89. The fourth-order valence-corrected chi connectivity index (χ4v) is 0.797. The van der Waals surface area contributed by atoms with Crippen molar-refractivity contribution >= 4 is 11.8 Å². The van der Waals surface area contributed by atoms with Gasteiger partial charge in [-0.25, -0.2) is 4.79 Å². The molecule has 4 nitrogen and oxygen atoms in total. The van der Waals surface area contributed by atoms with Crippen molar-refractivity contribution in [1.29, 1.82) is 0 Å². The summed E-state index contributed by atoms with van der Waals surface area (Å²) < 4.78 is 9.84. The van der Waals surface area contributed by atoms with Crippen LogP contribution in [0.1, 0.15) is 0 Å². The summed E-state index contributed by atoms with van der Waals surface area (Å²) in [5.41, 5.74) is 0.555. The monoisotopic (exact) mass is 179 g/mol. The predicted octanol–water partition coefficient (Wildman–Crippen LogP) is 1.64. The van der Waals surface area contributed by atoms with Gasteiger partial charge in [0.05, 0.1) is 5.69 Å². The van der Waals surface area contributed by atoms with E-state index in [1.54, 1.807) is 31.4 Å². The van der Waals surface area contributed by atoms with Crippen LogP contribution in [0.3, 0.4) is 0 Å². The van der Waals surface area contributed by atoms with Crippen LogP contribution >= 0.6 is 0 Å². The lowest BCUT2D eigenvalue weighted by Gasteiger charge is -2.03. The van der Waals surface area contributed by atoms with Gasteiger partial charge < -0.3 is 9.47 Å². The van der Waals surface area contributed by atoms with Gasteiger partial charge in [0.25, 0.3) is 0 Å². The number of isocyanates is 1. The third kappa shape index (κ3) is 3.07. The van der Waals surface area contributed by atoms with Crippen molar-refractivity contribution in [2.75, 3.05) is 13.9 Å². The third-order valence-electron chi connectivity index (χ3n) is 1.35. The highest BCUT2D eigenvalue weighted by molar-refractivity contribution is 5.49. The second kappa shape index (κ2) is 5.09. The molecule has 13 heavy (non-hydrogen) atoms. The molecule has 68 valence electrons. The average molecular weight is 179 g/mol. The summed E-state index contributed by atoms with van der Waals surface area (Å²) in [6.45, 7) is 0.205. The second-order valence-electron chi connectivity index (χ2n) is 2.25. The minimum atomic E-state index is 0.205. The number of aliphatic imine (C=N–C) groups is 1. The van der Waals surface area contributed by atoms with Crippen molar-refractivity contribution in [3.8, 4) is 5.75 Å². The van der Waals surface area contributed by atoms with Crippen LogP contribution in [0.15, 0.2) is 29.3 Å². The molecule has 0 aliphatic heterocycles. The number of carbonyl (C=O) groups excluding carboxylic acids is 1. The Labute approximate surface area is 75.8 Å². The summed E-state index contributed by atoms with van der Waals surface area (Å²) in [5.74, 6) is 0.673. The number of hydrogen-bond acceptors (Lipinski definition) is 4. The molecule has 4 heteroatoms. The molecule has 0 aromatic heterocycles. The topological polar surface area (TPSA) is 47.9 Å². The Morgan fingerprint density at radius 1 is 1.38 bits per heavy atom. The highest BCUT2D eigenvalue weighted by atomic mass is 16.7. The molecule has 0 aliphatic rings. The zero-order chi connectivity index (χ0) is 9.52. The van der Waals surface area contributed by atoms with Gasteiger partial charge in [-0.1, -0.05) is 0 Å². The molecule has 0 fully saturated rings. The molecule has 0 radical (unpaired) electrons. The van der Waals surface area contributed by atoms with E-state index in [1.165, 1.54) is 6.08 Å². The van der Waals surface area contributed by atoms with Crippen molar-refractivity contribution in [2.45, 2.75) is 0 Å². The Balaban J connectivity index is 2.63. The van der Waals surface area contributed by atoms with E-state index in [-0.39, 0.29) is 6.79 Å². The van der Waals surface area contributed by atoms with Crippen molar-refractivity contribution in [3.05, 3.63) is 24.3 Å². The lowest BCUT2D eigenvalue weighted by atomic mass is 10.3. The van der Waals surface area contributed by atoms with Crippen LogP contribution in [0.25, 0.3) is 0 Å². The molecular formula is C9H9NO3. The molecule has 0 heterocycles. The maximum atomic E-state index is 9.89. The van der Waals surface area contributed by atoms with Gasteiger partial charge in [0, 0.05) is 7.11 Å². The molecule has 1 aromatic carbocycles. The molecule has 1 aromatic rings. The molecule has 0 N–H and O–H groups in total. The molecule has 0 aliphatic carbocycles. The fourth-order valence-electron chi connectivity index (χ4n) is 0.797. The lowest BCUT2D eigenvalue weighted by molar-refractivity contribution is 0.0511. The van der Waals surface area contributed by atoms with Crippen molar-refractivity contribution in [2.24, 2.45) is 4.99 Å². The van der Waals surface area contributed by atoms with Crippen LogP contribution in [-0.4, -0.2) is 20.0 Å². The lowest BCUT2D eigenvalue weighted by Crippen LogP contribution is -1.97. The van der Waals surface area contributed by atoms with Crippen molar-refractivity contribution in [1.82, 2.24) is 0 Å². The molecule has 0 amide bonds. The normalized spacial score (nSPS) is 9.00. The summed E-state index contributed by atoms with van der Waals surface area (Å²) in [5, 5.41) is 0. The standard InChI is InChI=1S/C9H9NO3/c1-12-7-13-9-4-2-8(3-5-9)10-6-11/h2-5H,7H2,1H3. The molecular weight excluding hydrogens is 170 g/mol. The van der Waals surface area contributed by atoms with Gasteiger partial charge in [0.2, 0.25) is 6.08 Å². The molecule has 0 saturated heterocycles. The van der Waals surface area contributed by atoms with E-state index in [4.69, 9.17) is 9.47 Å². The van der Waals surface area contributed by atoms with Crippen LogP contribution in [0, 0.1) is 0 Å². The quantitative estimate of drug-likeness (QED) is 0.401. The molecule has 0 saturated carbocycles. The van der Waals surface area contributed by atoms with Gasteiger partial charge in [-0.2, -0.15) is 4.99 Å². The fraction of sp³-hybridized carbons (Fsp3) is 0.222. The Bertz CT molecular complexity index is 301. The maximum Gasteiger partial charge on any atom is 0.240 e. The van der Waals surface area contributed by atoms with E-state index in [2.05, 4.69) is 4.99 Å². The summed E-state index contributed by atoms with van der Waals surface area (Å²) >= 11 is 0. The van der Waals surface area contributed by atoms with Gasteiger partial charge >= 0.3 is 0 Å². The van der Waals surface area contributed by atoms with E-state index >= 15 is 0 Å². The van der Waals surface area contributed by atoms with Crippen LogP contribution in [-0.2, 0) is 9.53 Å². The van der Waals surface area contributed by atoms with E-state index in [0.717, 1.165) is 0 Å². The minimum Gasteiger partial charge on any atom is -0.468 e. The smallest absolute Gasteiger partial charge is 0.240 e. The Morgan fingerprint density at radius 2 is 2.08 bits per heavy atom. The zero-order valence-corrected chi connectivity index (χ0v) is 7.19. The number of ether oxygens (including phenoxy) is 2. The van der Waals surface area contributed by atoms with Crippen LogP contribution in [0.2, 0.25) is 0 Å². The van der Waals surface area contributed by atoms with Crippen LogP contribution < -0.4 is 4.74 Å². The highest BCUT2D eigenvalue weighted by Gasteiger charge is 1.92. The van der Waals surface area contributed by atoms with E-state index in [0.29, 0.717) is 11.4 Å². The van der Waals surface area contributed by atoms with Crippen LogP contribution in [0.4, 0.5) is 5.69 Å². The largest absolute Gasteiger partial charge is 0.468 e. The number of rotatable bonds is 4. The number of methoxy groups -OCH3 is 1. The number of hydrogen-bond donors (Lipinski definition) is 0. The molecule has 1 rings (SSSR count). The van der Waals surface area contributed by atoms with Crippen LogP contribution in [0.5, 0.6) is 5.75 Å². The SMILES string of the molecule is COCOc1ccc(N=C=O)cc1. The van der Waals surface area contributed by atoms with Gasteiger partial charge in [-0.3, -0.25) is 0 Å². The molecule has 0 bridgehead atoms. The van der Waals surface area contributed by atoms with E-state index in [9.17, 15) is 4.79 Å². The first kappa shape index (κ1) is 9.45. The Hall–Kier alpha value is -1.64. The van der Waals surface area contributed by atoms with Gasteiger partial charge in [-0.05, 0) is 24.3 Å². The first-order valence-electron chi connectivity index (χ1n) is 3.66. The first-order valence-corrected chi connectivity index (χ1v) is 3.66. The molecule has 0 atom stereocenters. The van der Waals surface area contributed by atoms with E-state index in [1.807, 2.05) is 0 Å². The van der Waals surface area contributed by atoms with Gasteiger partial charge in [0.1, 0.15) is 5.75 Å². The first-order chi connectivity index (χ1) is 6.36. The highest BCUT2D eigenvalue weighted by Crippen LogP contribution is 2.17. The molecule has 0 unspecified atom stereocenters. The Morgan fingerprint density at radius 3 is 2.62 bits per heavy atom. The summed E-state index contributed by atoms with van der Waals surface area (Å²) in [6, 6.07) is 6.73. The summed E-state index contributed by atoms with van der Waals surface area (Å²) in [7, 11) is 1.55. The summed E-state index contributed by atoms with van der Waals surface area (Å²) in [4.78, 5) is 13.3. The van der Waals surface area contributed by atoms with Gasteiger partial charge in [0.15, 0.2) is 6.79 Å². The van der Waals surface area contributed by atoms with Crippen molar-refractivity contribution in [3.63, 3.8) is 0 Å². The third-order valence-corrected chi connectivity index (χ3v) is 1.35. The number of nitrogens with zero attached hydrogens (tertiary/aromatic N) is 1. The molecule has 0 spiro atoms. The summed E-state index contributed by atoms with van der Waals surface area (Å²) in [6.07, 6.45) is 1.46. The second-order valence-corrected chi connectivity index (χ2v) is 2.25.